The smallest absolute Gasteiger partial charge is 0.293 e. The Morgan fingerprint density at radius 2 is 1.89 bits per heavy atom. The number of rotatable bonds is 7. The fourth-order valence-electron chi connectivity index (χ4n) is 5.89. The molecule has 3 aliphatic rings. The van der Waals surface area contributed by atoms with E-state index in [4.69, 9.17) is 0 Å². The number of amides is 2. The van der Waals surface area contributed by atoms with Crippen molar-refractivity contribution in [3.63, 3.8) is 0 Å². The Bertz CT molecular complexity index is 1310. The number of nitrogens with zero attached hydrogens (tertiary/aromatic N) is 3. The number of sulfonamides is 1. The maximum atomic E-state index is 13.8. The van der Waals surface area contributed by atoms with Crippen LogP contribution in [0, 0.1) is 5.92 Å². The number of aromatic nitrogens is 1. The van der Waals surface area contributed by atoms with Gasteiger partial charge in [0.05, 0.1) is 23.7 Å². The number of ketones is 1. The molecule has 1 aliphatic carbocycles. The summed E-state index contributed by atoms with van der Waals surface area (Å²) in [4.78, 5) is 57.9. The third kappa shape index (κ3) is 5.16. The number of hydrogen-bond acceptors (Lipinski definition) is 8. The molecular formula is C26H30N4O6S2. The van der Waals surface area contributed by atoms with Crippen LogP contribution in [0.25, 0.3) is 0 Å². The second-order valence-corrected chi connectivity index (χ2v) is 12.7. The third-order valence-corrected chi connectivity index (χ3v) is 10.2. The molecule has 1 saturated carbocycles. The number of carbonyl (C=O) groups is 4. The highest BCUT2D eigenvalue weighted by molar-refractivity contribution is 8.04. The second-order valence-electron chi connectivity index (χ2n) is 10.2. The topological polar surface area (TPSA) is 134 Å². The number of hydrogen-bond donors (Lipinski definition) is 1. The van der Waals surface area contributed by atoms with Crippen molar-refractivity contribution in [3.05, 3.63) is 52.5 Å². The minimum absolute atomic E-state index is 0.0852. The van der Waals surface area contributed by atoms with Crippen molar-refractivity contribution in [3.8, 4) is 0 Å². The lowest BCUT2D eigenvalue weighted by molar-refractivity contribution is -0.138. The van der Waals surface area contributed by atoms with Crippen LogP contribution in [-0.2, 0) is 19.6 Å². The van der Waals surface area contributed by atoms with Gasteiger partial charge in [-0.3, -0.25) is 24.2 Å². The summed E-state index contributed by atoms with van der Waals surface area (Å²) in [7, 11) is -4.49. The summed E-state index contributed by atoms with van der Waals surface area (Å²) in [6.45, 7) is -0.301. The highest BCUT2D eigenvalue weighted by atomic mass is 32.2. The summed E-state index contributed by atoms with van der Waals surface area (Å²) in [6, 6.07) is 1.90. The molecule has 202 valence electrons. The molecule has 3 fully saturated rings. The van der Waals surface area contributed by atoms with Crippen LogP contribution in [0.2, 0.25) is 0 Å². The van der Waals surface area contributed by atoms with E-state index in [2.05, 4.69) is 10.3 Å². The van der Waals surface area contributed by atoms with E-state index in [9.17, 15) is 27.6 Å². The molecule has 0 radical (unpaired) electrons. The molecule has 2 aromatic rings. The lowest BCUT2D eigenvalue weighted by Crippen LogP contribution is -2.53. The number of likely N-dealkylation sites (tertiary alicyclic amines) is 1. The molecule has 38 heavy (non-hydrogen) atoms. The van der Waals surface area contributed by atoms with Gasteiger partial charge in [-0.25, -0.2) is 8.42 Å². The van der Waals surface area contributed by atoms with E-state index in [1.807, 2.05) is 0 Å². The van der Waals surface area contributed by atoms with E-state index in [1.165, 1.54) is 40.8 Å². The summed E-state index contributed by atoms with van der Waals surface area (Å²) < 4.78 is 27.3. The molecular weight excluding hydrogens is 528 g/mol. The monoisotopic (exact) mass is 558 g/mol. The minimum atomic E-state index is -4.49. The van der Waals surface area contributed by atoms with Gasteiger partial charge in [-0.05, 0) is 42.3 Å². The summed E-state index contributed by atoms with van der Waals surface area (Å²) in [6.07, 6.45) is 8.57. The lowest BCUT2D eigenvalue weighted by atomic mass is 9.84. The van der Waals surface area contributed by atoms with Crippen LogP contribution < -0.4 is 5.32 Å². The Morgan fingerprint density at radius 1 is 1.11 bits per heavy atom. The van der Waals surface area contributed by atoms with E-state index in [1.54, 1.807) is 16.8 Å². The summed E-state index contributed by atoms with van der Waals surface area (Å²) in [5.74, 6) is -0.867. The standard InChI is InChI=1S/C26H30N4O6S2/c31-22-15-30(38(35,36)26(34)18-7-4-10-27-14-18)21-8-11-29(23(21)22)25(33)20(13-17-5-2-1-3-6-17)28-24(32)19-9-12-37-16-19/h4,7,9-10,12,14,16-17,20-21,23H,1-3,5-6,8,11,13,15H2,(H,28,32). The van der Waals surface area contributed by atoms with Crippen LogP contribution in [0.15, 0.2) is 41.4 Å². The first-order chi connectivity index (χ1) is 18.3. The average molecular weight is 559 g/mol. The molecule has 1 N–H and O–H groups in total. The fraction of sp³-hybridized carbons (Fsp3) is 0.500. The first-order valence-corrected chi connectivity index (χ1v) is 15.3. The number of carbonyl (C=O) groups excluding carboxylic acids is 4. The van der Waals surface area contributed by atoms with Gasteiger partial charge in [-0.2, -0.15) is 15.6 Å². The summed E-state index contributed by atoms with van der Waals surface area (Å²) >= 11 is 1.39. The molecule has 4 heterocycles. The van der Waals surface area contributed by atoms with Gasteiger partial charge >= 0.3 is 0 Å². The Morgan fingerprint density at radius 3 is 2.58 bits per heavy atom. The first-order valence-electron chi connectivity index (χ1n) is 12.9. The minimum Gasteiger partial charge on any atom is -0.340 e. The molecule has 2 aliphatic heterocycles. The Labute approximate surface area is 225 Å². The fourth-order valence-corrected chi connectivity index (χ4v) is 8.03. The van der Waals surface area contributed by atoms with Crippen LogP contribution in [0.3, 0.4) is 0 Å². The van der Waals surface area contributed by atoms with Gasteiger partial charge in [0.1, 0.15) is 12.1 Å². The van der Waals surface area contributed by atoms with Crippen LogP contribution in [0.1, 0.15) is 65.7 Å². The van der Waals surface area contributed by atoms with Crippen LogP contribution in [0.4, 0.5) is 0 Å². The van der Waals surface area contributed by atoms with E-state index in [0.29, 0.717) is 12.0 Å². The highest BCUT2D eigenvalue weighted by Crippen LogP contribution is 2.34. The molecule has 0 aromatic carbocycles. The van der Waals surface area contributed by atoms with E-state index < -0.39 is 45.6 Å². The van der Waals surface area contributed by atoms with Gasteiger partial charge in [0.15, 0.2) is 5.78 Å². The van der Waals surface area contributed by atoms with Crippen molar-refractivity contribution < 1.29 is 27.6 Å². The summed E-state index contributed by atoms with van der Waals surface area (Å²) in [5, 5.41) is 5.27. The van der Waals surface area contributed by atoms with E-state index in [0.717, 1.165) is 36.4 Å². The second kappa shape index (κ2) is 11.0. The van der Waals surface area contributed by atoms with Crippen molar-refractivity contribution in [1.82, 2.24) is 19.5 Å². The van der Waals surface area contributed by atoms with Gasteiger partial charge in [-0.1, -0.05) is 32.1 Å². The van der Waals surface area contributed by atoms with Crippen LogP contribution >= 0.6 is 11.3 Å². The maximum absolute atomic E-state index is 13.8. The molecule has 2 saturated heterocycles. The molecule has 2 amide bonds. The zero-order valence-electron chi connectivity index (χ0n) is 20.8. The molecule has 10 nitrogen and oxygen atoms in total. The summed E-state index contributed by atoms with van der Waals surface area (Å²) in [5.41, 5.74) is 0.386. The molecule has 3 atom stereocenters. The van der Waals surface area contributed by atoms with Crippen molar-refractivity contribution in [2.45, 2.75) is 63.1 Å². The number of pyridine rings is 1. The van der Waals surface area contributed by atoms with E-state index >= 15 is 0 Å². The molecule has 5 rings (SSSR count). The Hall–Kier alpha value is -2.96. The Balaban J connectivity index is 1.35. The van der Waals surface area contributed by atoms with Crippen molar-refractivity contribution in [2.75, 3.05) is 13.1 Å². The highest BCUT2D eigenvalue weighted by Gasteiger charge is 2.55. The predicted molar refractivity (Wildman–Crippen MR) is 140 cm³/mol. The molecule has 3 unspecified atom stereocenters. The molecule has 2 aromatic heterocycles. The van der Waals surface area contributed by atoms with Crippen molar-refractivity contribution >= 4 is 44.1 Å². The quantitative estimate of drug-likeness (QED) is 0.551. The van der Waals surface area contributed by atoms with Crippen LogP contribution in [0.5, 0.6) is 0 Å². The van der Waals surface area contributed by atoms with Crippen LogP contribution in [-0.4, -0.2) is 76.5 Å². The molecule has 0 spiro atoms. The first kappa shape index (κ1) is 26.6. The zero-order chi connectivity index (χ0) is 26.9. The zero-order valence-corrected chi connectivity index (χ0v) is 22.5. The number of Topliss-reactive ketones (excluding diaryl/α,β-unsaturated/α-hetero) is 1. The van der Waals surface area contributed by atoms with Gasteiger partial charge in [-0.15, -0.1) is 0 Å². The van der Waals surface area contributed by atoms with E-state index in [-0.39, 0.29) is 36.3 Å². The SMILES string of the molecule is O=C(NC(CC1CCCCC1)C(=O)N1CCC2C1C(=O)CN2S(=O)(=O)C(=O)c1cccnc1)c1ccsc1. The van der Waals surface area contributed by atoms with Gasteiger partial charge < -0.3 is 10.2 Å². The largest absolute Gasteiger partial charge is 0.340 e. The number of fused-ring (bicyclic) bond motifs is 1. The number of thiophene rings is 1. The number of nitrogens with one attached hydrogen (secondary N) is 1. The van der Waals surface area contributed by atoms with Gasteiger partial charge in [0.2, 0.25) is 5.91 Å². The van der Waals surface area contributed by atoms with Crippen molar-refractivity contribution in [1.29, 1.82) is 0 Å². The lowest BCUT2D eigenvalue weighted by Gasteiger charge is -2.31. The van der Waals surface area contributed by atoms with Gasteiger partial charge in [0.25, 0.3) is 21.0 Å². The normalized spacial score (nSPS) is 23.3. The maximum Gasteiger partial charge on any atom is 0.293 e. The third-order valence-electron chi connectivity index (χ3n) is 7.78. The predicted octanol–water partition coefficient (Wildman–Crippen LogP) is 2.24. The Kier molecular flexibility index (Phi) is 7.73. The molecule has 12 heteroatoms. The van der Waals surface area contributed by atoms with Crippen molar-refractivity contribution in [2.24, 2.45) is 5.92 Å². The van der Waals surface area contributed by atoms with Gasteiger partial charge in [0, 0.05) is 24.3 Å². The average Bonchev–Trinajstić information content (AvgIpc) is 3.68. The molecule has 0 bridgehead atoms.